The molecular weight excluding hydrogens is 113 g/mol. The van der Waals surface area contributed by atoms with Crippen molar-refractivity contribution in [1.29, 1.82) is 0 Å². The molecule has 1 aliphatic rings. The Morgan fingerprint density at radius 1 is 1.78 bits per heavy atom. The predicted molar refractivity (Wildman–Crippen MR) is 26.0 cm³/mol. The van der Waals surface area contributed by atoms with Gasteiger partial charge in [-0.15, -0.1) is 0 Å². The van der Waals surface area contributed by atoms with E-state index in [1.165, 1.54) is 0 Å². The summed E-state index contributed by atoms with van der Waals surface area (Å²) in [7, 11) is 0. The van der Waals surface area contributed by atoms with E-state index in [9.17, 15) is 9.90 Å². The second-order valence-corrected chi connectivity index (χ2v) is 2.18. The van der Waals surface area contributed by atoms with Crippen LogP contribution in [0.4, 0.5) is 0 Å². The van der Waals surface area contributed by atoms with Crippen LogP contribution in [0.1, 0.15) is 6.92 Å². The van der Waals surface area contributed by atoms with Gasteiger partial charge in [-0.3, -0.25) is 0 Å². The number of hydrogen-bond acceptors (Lipinski definition) is 3. The van der Waals surface area contributed by atoms with Gasteiger partial charge in [-0.2, -0.15) is 0 Å². The zero-order chi connectivity index (χ0) is 6.15. The number of nitrogens with one attached hydrogen (secondary N) is 1. The first-order valence-electron chi connectivity index (χ1n) is 2.66. The van der Waals surface area contributed by atoms with Gasteiger partial charge in [-0.05, 0) is 5.92 Å². The van der Waals surface area contributed by atoms with Crippen molar-refractivity contribution in [3.8, 4) is 0 Å². The molecule has 2 atom stereocenters. The standard InChI is InChI=1S/C5H9NO2.Li/c1-3-2-6-4(3)5(7)8;/h3-4,6H,2H2,1H3,(H,7,8);/q;+1/p-1/t3-,4-;/m1./s1. The summed E-state index contributed by atoms with van der Waals surface area (Å²) in [6, 6.07) is -0.394. The average molecular weight is 121 g/mol. The molecule has 9 heavy (non-hydrogen) atoms. The van der Waals surface area contributed by atoms with E-state index in [0.29, 0.717) is 0 Å². The van der Waals surface area contributed by atoms with Crippen LogP contribution in [0.15, 0.2) is 0 Å². The Bertz CT molecular complexity index is 118. The molecule has 3 nitrogen and oxygen atoms in total. The van der Waals surface area contributed by atoms with E-state index in [0.717, 1.165) is 6.54 Å². The van der Waals surface area contributed by atoms with Gasteiger partial charge in [0, 0.05) is 6.54 Å². The van der Waals surface area contributed by atoms with Crippen molar-refractivity contribution in [3.63, 3.8) is 0 Å². The number of carbonyl (C=O) groups is 1. The van der Waals surface area contributed by atoms with Crippen molar-refractivity contribution >= 4 is 5.97 Å². The first-order chi connectivity index (χ1) is 3.72. The van der Waals surface area contributed by atoms with Gasteiger partial charge in [0.25, 0.3) is 0 Å². The molecule has 0 bridgehead atoms. The van der Waals surface area contributed by atoms with Gasteiger partial charge in [0.05, 0.1) is 12.0 Å². The SMILES string of the molecule is C[C@@H]1CN[C@H]1C(=O)[O-].[Li+]. The number of rotatable bonds is 1. The zero-order valence-corrected chi connectivity index (χ0v) is 5.68. The van der Waals surface area contributed by atoms with Gasteiger partial charge >= 0.3 is 18.9 Å². The molecule has 1 aliphatic heterocycles. The van der Waals surface area contributed by atoms with E-state index in [1.807, 2.05) is 6.92 Å². The zero-order valence-electron chi connectivity index (χ0n) is 5.68. The van der Waals surface area contributed by atoms with Crippen molar-refractivity contribution in [2.45, 2.75) is 13.0 Å². The summed E-state index contributed by atoms with van der Waals surface area (Å²) in [5.74, 6) is -0.733. The first-order valence-corrected chi connectivity index (χ1v) is 2.66. The molecule has 1 N–H and O–H groups in total. The summed E-state index contributed by atoms with van der Waals surface area (Å²) in [6.07, 6.45) is 0. The maximum atomic E-state index is 10.0. The normalized spacial score (nSPS) is 32.1. The van der Waals surface area contributed by atoms with Crippen LogP contribution in [0.25, 0.3) is 0 Å². The van der Waals surface area contributed by atoms with Crippen LogP contribution in [-0.4, -0.2) is 18.6 Å². The summed E-state index contributed by atoms with van der Waals surface area (Å²) in [5.41, 5.74) is 0. The molecule has 46 valence electrons. The van der Waals surface area contributed by atoms with Crippen LogP contribution < -0.4 is 29.3 Å². The molecule has 0 aliphatic carbocycles. The van der Waals surface area contributed by atoms with Gasteiger partial charge < -0.3 is 15.2 Å². The van der Waals surface area contributed by atoms with E-state index >= 15 is 0 Å². The topological polar surface area (TPSA) is 52.2 Å². The molecule has 0 aromatic heterocycles. The van der Waals surface area contributed by atoms with Crippen LogP contribution in [0.2, 0.25) is 0 Å². The second-order valence-electron chi connectivity index (χ2n) is 2.18. The van der Waals surface area contributed by atoms with Crippen LogP contribution in [0.5, 0.6) is 0 Å². The number of carboxylic acid groups (broad SMARTS) is 1. The second kappa shape index (κ2) is 3.26. The molecule has 1 saturated heterocycles. The molecule has 1 fully saturated rings. The third-order valence-corrected chi connectivity index (χ3v) is 1.48. The fraction of sp³-hybridized carbons (Fsp3) is 0.800. The average Bonchev–Trinajstić information content (AvgIpc) is 1.61. The Hall–Kier alpha value is 0.0274. The van der Waals surface area contributed by atoms with Gasteiger partial charge in [0.15, 0.2) is 0 Å². The van der Waals surface area contributed by atoms with Crippen molar-refractivity contribution in [2.75, 3.05) is 6.54 Å². The number of carbonyl (C=O) groups excluding carboxylic acids is 1. The third-order valence-electron chi connectivity index (χ3n) is 1.48. The number of aliphatic carboxylic acids is 1. The van der Waals surface area contributed by atoms with E-state index in [2.05, 4.69) is 5.32 Å². The summed E-state index contributed by atoms with van der Waals surface area (Å²) in [5, 5.41) is 12.8. The van der Waals surface area contributed by atoms with Gasteiger partial charge in [-0.25, -0.2) is 0 Å². The van der Waals surface area contributed by atoms with Crippen molar-refractivity contribution < 1.29 is 28.8 Å². The minimum absolute atomic E-state index is 0. The molecule has 0 aromatic carbocycles. The largest absolute Gasteiger partial charge is 1.00 e. The van der Waals surface area contributed by atoms with Crippen molar-refractivity contribution in [2.24, 2.45) is 5.92 Å². The Balaban J connectivity index is 0.000000640. The molecule has 4 heteroatoms. The Kier molecular flexibility index (Phi) is 3.27. The van der Waals surface area contributed by atoms with E-state index in [1.54, 1.807) is 0 Å². The Morgan fingerprint density at radius 2 is 2.33 bits per heavy atom. The van der Waals surface area contributed by atoms with E-state index in [4.69, 9.17) is 0 Å². The quantitative estimate of drug-likeness (QED) is 0.355. The van der Waals surface area contributed by atoms with Crippen molar-refractivity contribution in [1.82, 2.24) is 5.32 Å². The molecule has 1 rings (SSSR count). The maximum absolute atomic E-state index is 10.0. The Morgan fingerprint density at radius 3 is 2.33 bits per heavy atom. The van der Waals surface area contributed by atoms with Crippen LogP contribution in [0.3, 0.4) is 0 Å². The molecule has 0 unspecified atom stereocenters. The monoisotopic (exact) mass is 121 g/mol. The maximum Gasteiger partial charge on any atom is 1.00 e. The molecule has 0 radical (unpaired) electrons. The molecule has 1 heterocycles. The first kappa shape index (κ1) is 9.03. The molecule has 0 saturated carbocycles. The molecule has 0 spiro atoms. The van der Waals surface area contributed by atoms with Gasteiger partial charge in [0.2, 0.25) is 0 Å². The summed E-state index contributed by atoms with van der Waals surface area (Å²) < 4.78 is 0. The number of carboxylic acids is 1. The minimum atomic E-state index is -0.983. The summed E-state index contributed by atoms with van der Waals surface area (Å²) >= 11 is 0. The third kappa shape index (κ3) is 1.72. The molecular formula is C5H8LiNO2. The summed E-state index contributed by atoms with van der Waals surface area (Å²) in [6.45, 7) is 2.69. The van der Waals surface area contributed by atoms with Gasteiger partial charge in [0.1, 0.15) is 0 Å². The molecule has 0 aromatic rings. The van der Waals surface area contributed by atoms with Gasteiger partial charge in [-0.1, -0.05) is 6.92 Å². The summed E-state index contributed by atoms with van der Waals surface area (Å²) in [4.78, 5) is 10.0. The minimum Gasteiger partial charge on any atom is -0.548 e. The van der Waals surface area contributed by atoms with Crippen molar-refractivity contribution in [3.05, 3.63) is 0 Å². The molecule has 0 amide bonds. The fourth-order valence-corrected chi connectivity index (χ4v) is 0.787. The Labute approximate surface area is 66.0 Å². The van der Waals surface area contributed by atoms with Crippen LogP contribution in [-0.2, 0) is 4.79 Å². The number of hydrogen-bond donors (Lipinski definition) is 1. The van der Waals surface area contributed by atoms with E-state index < -0.39 is 12.0 Å². The van der Waals surface area contributed by atoms with Crippen LogP contribution in [0, 0.1) is 5.92 Å². The predicted octanol–water partition coefficient (Wildman–Crippen LogP) is -4.65. The van der Waals surface area contributed by atoms with E-state index in [-0.39, 0.29) is 24.8 Å². The smallest absolute Gasteiger partial charge is 0.548 e. The van der Waals surface area contributed by atoms with Crippen LogP contribution >= 0.6 is 0 Å². The fourth-order valence-electron chi connectivity index (χ4n) is 0.787.